The van der Waals surface area contributed by atoms with E-state index < -0.39 is 6.10 Å². The van der Waals surface area contributed by atoms with E-state index in [1.165, 1.54) is 6.92 Å². The molecular formula is C29H37ClN6O3. The van der Waals surface area contributed by atoms with Gasteiger partial charge in [-0.05, 0) is 45.4 Å². The lowest BCUT2D eigenvalue weighted by Gasteiger charge is -2.61. The van der Waals surface area contributed by atoms with E-state index in [2.05, 4.69) is 15.9 Å². The lowest BCUT2D eigenvalue weighted by molar-refractivity contribution is -0.111. The van der Waals surface area contributed by atoms with Gasteiger partial charge in [0.15, 0.2) is 11.6 Å². The molecule has 39 heavy (non-hydrogen) atoms. The number of anilines is 1. The molecule has 0 radical (unpaired) electrons. The Labute approximate surface area is 235 Å². The molecule has 10 heteroatoms. The predicted octanol–water partition coefficient (Wildman–Crippen LogP) is 3.96. The fourth-order valence-corrected chi connectivity index (χ4v) is 5.77. The lowest BCUT2D eigenvalue weighted by Crippen LogP contribution is -2.72. The first-order valence-electron chi connectivity index (χ1n) is 13.4. The Morgan fingerprint density at radius 1 is 1.28 bits per heavy atom. The van der Waals surface area contributed by atoms with Crippen molar-refractivity contribution < 1.29 is 14.6 Å². The average Bonchev–Trinajstić information content (AvgIpc) is 2.83. The van der Waals surface area contributed by atoms with Crippen LogP contribution in [0, 0.1) is 23.7 Å². The van der Waals surface area contributed by atoms with E-state index in [9.17, 15) is 9.90 Å². The predicted molar refractivity (Wildman–Crippen MR) is 152 cm³/mol. The van der Waals surface area contributed by atoms with Gasteiger partial charge in [0.2, 0.25) is 0 Å². The van der Waals surface area contributed by atoms with E-state index >= 15 is 0 Å². The summed E-state index contributed by atoms with van der Waals surface area (Å²) in [5, 5.41) is 19.4. The largest absolute Gasteiger partial charge is 0.491 e. The number of allylic oxidation sites excluding steroid dienone is 2. The van der Waals surface area contributed by atoms with E-state index in [-0.39, 0.29) is 17.8 Å². The minimum atomic E-state index is -0.556. The zero-order chi connectivity index (χ0) is 28.3. The van der Waals surface area contributed by atoms with Gasteiger partial charge in [-0.15, -0.1) is 0 Å². The second-order valence-electron chi connectivity index (χ2n) is 10.8. The third-order valence-corrected chi connectivity index (χ3v) is 7.69. The summed E-state index contributed by atoms with van der Waals surface area (Å²) in [4.78, 5) is 26.9. The summed E-state index contributed by atoms with van der Waals surface area (Å²) in [6.45, 7) is 11.7. The molecule has 0 amide bonds. The van der Waals surface area contributed by atoms with Crippen LogP contribution in [-0.2, 0) is 4.79 Å². The van der Waals surface area contributed by atoms with Crippen molar-refractivity contribution in [2.45, 2.75) is 53.1 Å². The molecule has 0 unspecified atom stereocenters. The molecule has 1 spiro atoms. The third kappa shape index (κ3) is 6.19. The number of aliphatic hydroxyl groups is 1. The number of halogens is 1. The summed E-state index contributed by atoms with van der Waals surface area (Å²) in [5.74, 6) is 1.50. The van der Waals surface area contributed by atoms with Crippen LogP contribution in [0.4, 0.5) is 5.82 Å². The molecular weight excluding hydrogens is 516 g/mol. The second-order valence-corrected chi connectivity index (χ2v) is 11.2. The van der Waals surface area contributed by atoms with Crippen molar-refractivity contribution in [3.63, 3.8) is 0 Å². The Bertz CT molecular complexity index is 1300. The van der Waals surface area contributed by atoms with E-state index in [1.54, 1.807) is 25.1 Å². The van der Waals surface area contributed by atoms with Crippen LogP contribution in [0.25, 0.3) is 17.0 Å². The number of benzene rings is 1. The second kappa shape index (κ2) is 11.9. The van der Waals surface area contributed by atoms with Crippen LogP contribution in [0.2, 0.25) is 5.02 Å². The normalized spacial score (nSPS) is 17.6. The average molecular weight is 553 g/mol. The fourth-order valence-electron chi connectivity index (χ4n) is 5.56. The smallest absolute Gasteiger partial charge is 0.163 e. The summed E-state index contributed by atoms with van der Waals surface area (Å²) in [6.07, 6.45) is 1.50. The Hall–Kier alpha value is -3.19. The molecule has 3 N–H and O–H groups in total. The maximum atomic E-state index is 12.6. The van der Waals surface area contributed by atoms with Gasteiger partial charge in [-0.1, -0.05) is 24.9 Å². The number of nitrogens with two attached hydrogens (primary N) is 1. The lowest BCUT2D eigenvalue weighted by atomic mass is 9.72. The summed E-state index contributed by atoms with van der Waals surface area (Å²) in [7, 11) is 0. The number of Topliss-reactive ketones (excluding diaryl/α,β-unsaturated/α-hetero) is 1. The molecule has 9 nitrogen and oxygen atoms in total. The molecule has 0 aliphatic carbocycles. The molecule has 0 saturated carbocycles. The number of rotatable bonds is 11. The van der Waals surface area contributed by atoms with Crippen molar-refractivity contribution in [1.82, 2.24) is 14.9 Å². The van der Waals surface area contributed by atoms with Crippen LogP contribution < -0.4 is 15.4 Å². The van der Waals surface area contributed by atoms with Crippen molar-refractivity contribution in [1.29, 1.82) is 5.26 Å². The quantitative estimate of drug-likeness (QED) is 0.398. The molecule has 208 valence electrons. The highest BCUT2D eigenvalue weighted by atomic mass is 35.5. The number of likely N-dealkylation sites (tertiary alicyclic amines) is 1. The molecule has 2 aliphatic heterocycles. The number of ketones is 1. The van der Waals surface area contributed by atoms with Crippen molar-refractivity contribution >= 4 is 28.8 Å². The Morgan fingerprint density at radius 3 is 2.62 bits per heavy atom. The van der Waals surface area contributed by atoms with E-state index in [0.29, 0.717) is 52.0 Å². The maximum absolute atomic E-state index is 12.6. The van der Waals surface area contributed by atoms with Crippen LogP contribution in [0.1, 0.15) is 51.3 Å². The molecule has 2 fully saturated rings. The molecule has 0 bridgehead atoms. The maximum Gasteiger partial charge on any atom is 0.163 e. The number of nitriles is 1. The van der Waals surface area contributed by atoms with Gasteiger partial charge in [0.1, 0.15) is 18.2 Å². The van der Waals surface area contributed by atoms with E-state index in [0.717, 1.165) is 50.5 Å². The Kier molecular flexibility index (Phi) is 8.80. The molecule has 1 atom stereocenters. The zero-order valence-electron chi connectivity index (χ0n) is 23.1. The van der Waals surface area contributed by atoms with Crippen LogP contribution in [0.3, 0.4) is 0 Å². The Morgan fingerprint density at radius 2 is 2.00 bits per heavy atom. The SMILES string of the molecule is CCC[C@@H](O)COc1ccc(Cl)c(-c2nc(C(C(C)=O)=C(C)N)c(C)c(N3CC4(CN(CCC#N)C4)C3)n2)c1. The first kappa shape index (κ1) is 28.8. The number of carbonyl (C=O) groups excluding carboxylic acids is 1. The van der Waals surface area contributed by atoms with Gasteiger partial charge in [-0.2, -0.15) is 5.26 Å². The van der Waals surface area contributed by atoms with Crippen LogP contribution in [0.5, 0.6) is 5.75 Å². The number of aromatic nitrogens is 2. The van der Waals surface area contributed by atoms with Gasteiger partial charge < -0.3 is 25.4 Å². The number of aliphatic hydroxyl groups excluding tert-OH is 1. The first-order chi connectivity index (χ1) is 18.6. The Balaban J connectivity index is 1.68. The highest BCUT2D eigenvalue weighted by Crippen LogP contribution is 2.43. The van der Waals surface area contributed by atoms with Crippen LogP contribution in [-0.4, -0.2) is 71.2 Å². The monoisotopic (exact) mass is 552 g/mol. The van der Waals surface area contributed by atoms with Crippen molar-refractivity contribution in [2.24, 2.45) is 11.1 Å². The van der Waals surface area contributed by atoms with Crippen LogP contribution >= 0.6 is 11.6 Å². The first-order valence-corrected chi connectivity index (χ1v) is 13.8. The molecule has 4 rings (SSSR count). The molecule has 1 aromatic heterocycles. The summed E-state index contributed by atoms with van der Waals surface area (Å²) < 4.78 is 5.83. The number of nitrogens with zero attached hydrogens (tertiary/aromatic N) is 5. The summed E-state index contributed by atoms with van der Waals surface area (Å²) in [6, 6.07) is 7.45. The van der Waals surface area contributed by atoms with Gasteiger partial charge in [-0.3, -0.25) is 4.79 Å². The number of hydrogen-bond acceptors (Lipinski definition) is 9. The number of ether oxygens (including phenoxy) is 1. The van der Waals surface area contributed by atoms with Gasteiger partial charge in [-0.25, -0.2) is 9.97 Å². The molecule has 1 aromatic carbocycles. The van der Waals surface area contributed by atoms with Gasteiger partial charge >= 0.3 is 0 Å². The van der Waals surface area contributed by atoms with Crippen molar-refractivity contribution in [3.05, 3.63) is 40.2 Å². The minimum absolute atomic E-state index is 0.172. The standard InChI is InChI=1S/C29H37ClN6O3/c1-5-7-21(38)13-39-22-8-9-24(30)23(12-22)27-33-26(25(19(3)32)20(4)37)18(2)28(34-27)36-16-29(17-36)14-35(15-29)11-6-10-31/h8-9,12,21,38H,5-7,11,13-17,32H2,1-4H3/t21-/m1/s1. The van der Waals surface area contributed by atoms with E-state index in [4.69, 9.17) is 37.3 Å². The topological polar surface area (TPSA) is 129 Å². The third-order valence-electron chi connectivity index (χ3n) is 7.36. The molecule has 2 aromatic rings. The van der Waals surface area contributed by atoms with Gasteiger partial charge in [0.25, 0.3) is 0 Å². The summed E-state index contributed by atoms with van der Waals surface area (Å²) in [5.41, 5.74) is 8.97. The highest BCUT2D eigenvalue weighted by Gasteiger charge is 2.52. The van der Waals surface area contributed by atoms with Crippen LogP contribution in [0.15, 0.2) is 23.9 Å². The molecule has 2 saturated heterocycles. The highest BCUT2D eigenvalue weighted by molar-refractivity contribution is 6.33. The van der Waals surface area contributed by atoms with Crippen molar-refractivity contribution in [3.8, 4) is 23.2 Å². The minimum Gasteiger partial charge on any atom is -0.491 e. The summed E-state index contributed by atoms with van der Waals surface area (Å²) >= 11 is 6.62. The molecule has 3 heterocycles. The van der Waals surface area contributed by atoms with Gasteiger partial charge in [0.05, 0.1) is 28.5 Å². The van der Waals surface area contributed by atoms with E-state index in [1.807, 2.05) is 13.8 Å². The number of hydrogen-bond donors (Lipinski definition) is 2. The number of carbonyl (C=O) groups is 1. The van der Waals surface area contributed by atoms with Gasteiger partial charge in [0, 0.05) is 61.4 Å². The van der Waals surface area contributed by atoms with Crippen molar-refractivity contribution in [2.75, 3.05) is 44.2 Å². The molecule has 2 aliphatic rings. The zero-order valence-corrected chi connectivity index (χ0v) is 23.9. The fraction of sp³-hybridized carbons (Fsp3) is 0.517.